The number of carbonyl (C=O) groups excluding carboxylic acids is 1. The van der Waals surface area contributed by atoms with Gasteiger partial charge in [0.2, 0.25) is 5.91 Å². The number of carbonyl (C=O) groups is 3. The van der Waals surface area contributed by atoms with E-state index in [0.29, 0.717) is 6.54 Å². The molecule has 172 valence electrons. The van der Waals surface area contributed by atoms with Crippen molar-refractivity contribution in [2.75, 3.05) is 69.2 Å². The lowest BCUT2D eigenvalue weighted by atomic mass is 10.1. The summed E-state index contributed by atoms with van der Waals surface area (Å²) in [6.45, 7) is 7.87. The molecule has 0 radical (unpaired) electrons. The third-order valence-corrected chi connectivity index (χ3v) is 5.05. The molecule has 4 N–H and O–H groups in total. The van der Waals surface area contributed by atoms with Crippen LogP contribution in [0.5, 0.6) is 0 Å². The maximum atomic E-state index is 12.3. The number of benzene rings is 1. The zero-order chi connectivity index (χ0) is 22.5. The van der Waals surface area contributed by atoms with E-state index < -0.39 is 11.9 Å². The van der Waals surface area contributed by atoms with E-state index in [1.54, 1.807) is 0 Å². The fourth-order valence-electron chi connectivity index (χ4n) is 3.45. The van der Waals surface area contributed by atoms with Gasteiger partial charge in [-0.15, -0.1) is 0 Å². The Bertz CT molecular complexity index is 706. The maximum absolute atomic E-state index is 12.3. The van der Waals surface area contributed by atoms with Crippen molar-refractivity contribution in [1.29, 1.82) is 0 Å². The normalized spacial score (nSPS) is 16.7. The molecular weight excluding hydrogens is 404 g/mol. The number of carboxylic acid groups (broad SMARTS) is 2. The van der Waals surface area contributed by atoms with Gasteiger partial charge in [0.1, 0.15) is 0 Å². The summed E-state index contributed by atoms with van der Waals surface area (Å²) in [6.07, 6.45) is 3.76. The molecule has 1 aromatic rings. The van der Waals surface area contributed by atoms with Gasteiger partial charge in [-0.05, 0) is 31.4 Å². The molecule has 0 aromatic heterocycles. The number of hydrogen-bond acceptors (Lipinski definition) is 7. The zero-order valence-corrected chi connectivity index (χ0v) is 17.7. The predicted octanol–water partition coefficient (Wildman–Crippen LogP) is 0.693. The van der Waals surface area contributed by atoms with E-state index in [1.807, 2.05) is 18.2 Å². The predicted molar refractivity (Wildman–Crippen MR) is 117 cm³/mol. The highest BCUT2D eigenvalue weighted by molar-refractivity contribution is 6.27. The number of amides is 1. The molecule has 10 heteroatoms. The summed E-state index contributed by atoms with van der Waals surface area (Å²) in [5, 5.41) is 21.1. The number of para-hydroxylation sites is 2. The molecule has 1 amide bonds. The fraction of sp³-hybridized carbons (Fsp3) is 0.571. The van der Waals surface area contributed by atoms with Crippen LogP contribution >= 0.6 is 0 Å². The Kier molecular flexibility index (Phi) is 10.8. The summed E-state index contributed by atoms with van der Waals surface area (Å²) < 4.78 is 5.34. The lowest BCUT2D eigenvalue weighted by molar-refractivity contribution is -0.159. The summed E-state index contributed by atoms with van der Waals surface area (Å²) in [5.74, 6) is -3.63. The molecule has 0 atom stereocenters. The lowest BCUT2D eigenvalue weighted by Crippen LogP contribution is -2.41. The van der Waals surface area contributed by atoms with Gasteiger partial charge in [-0.1, -0.05) is 12.1 Å². The van der Waals surface area contributed by atoms with Crippen LogP contribution < -0.4 is 15.5 Å². The SMILES string of the molecule is O=C(CNCCN1CCOCC1)Nc1ccccc1N1CCCCC1.O=C(O)C(=O)O. The van der Waals surface area contributed by atoms with Gasteiger partial charge in [0.05, 0.1) is 31.1 Å². The van der Waals surface area contributed by atoms with Crippen LogP contribution in [0.3, 0.4) is 0 Å². The average molecular weight is 437 g/mol. The van der Waals surface area contributed by atoms with Gasteiger partial charge in [-0.2, -0.15) is 0 Å². The van der Waals surface area contributed by atoms with Gasteiger partial charge in [-0.25, -0.2) is 9.59 Å². The number of nitrogens with zero attached hydrogens (tertiary/aromatic N) is 2. The number of ether oxygens (including phenoxy) is 1. The largest absolute Gasteiger partial charge is 0.473 e. The van der Waals surface area contributed by atoms with Crippen molar-refractivity contribution in [3.63, 3.8) is 0 Å². The van der Waals surface area contributed by atoms with Gasteiger partial charge >= 0.3 is 11.9 Å². The number of morpholine rings is 1. The number of hydrogen-bond donors (Lipinski definition) is 4. The molecule has 0 unspecified atom stereocenters. The zero-order valence-electron chi connectivity index (χ0n) is 17.7. The van der Waals surface area contributed by atoms with Crippen LogP contribution in [0.15, 0.2) is 24.3 Å². The first kappa shape index (κ1) is 24.6. The monoisotopic (exact) mass is 436 g/mol. The summed E-state index contributed by atoms with van der Waals surface area (Å²) >= 11 is 0. The van der Waals surface area contributed by atoms with E-state index in [9.17, 15) is 4.79 Å². The number of aliphatic carboxylic acids is 2. The summed E-state index contributed by atoms with van der Waals surface area (Å²) in [5.41, 5.74) is 2.06. The van der Waals surface area contributed by atoms with E-state index in [-0.39, 0.29) is 5.91 Å². The molecule has 0 spiro atoms. The molecule has 0 saturated carbocycles. The van der Waals surface area contributed by atoms with Crippen LogP contribution in [-0.2, 0) is 19.1 Å². The third kappa shape index (κ3) is 9.33. The van der Waals surface area contributed by atoms with Crippen molar-refractivity contribution in [3.8, 4) is 0 Å². The minimum Gasteiger partial charge on any atom is -0.473 e. The second-order valence-corrected chi connectivity index (χ2v) is 7.35. The van der Waals surface area contributed by atoms with Gasteiger partial charge in [0.15, 0.2) is 0 Å². The van der Waals surface area contributed by atoms with Crippen LogP contribution in [0.4, 0.5) is 11.4 Å². The molecule has 10 nitrogen and oxygen atoms in total. The Labute approximate surface area is 182 Å². The molecule has 3 rings (SSSR count). The van der Waals surface area contributed by atoms with Crippen LogP contribution in [-0.4, -0.2) is 92.0 Å². The van der Waals surface area contributed by atoms with Crippen molar-refractivity contribution >= 4 is 29.2 Å². The average Bonchev–Trinajstić information content (AvgIpc) is 2.79. The Morgan fingerprint density at radius 3 is 2.23 bits per heavy atom. The van der Waals surface area contributed by atoms with Crippen molar-refractivity contribution in [3.05, 3.63) is 24.3 Å². The molecule has 1 aromatic carbocycles. The van der Waals surface area contributed by atoms with Crippen LogP contribution in [0, 0.1) is 0 Å². The Morgan fingerprint density at radius 1 is 0.935 bits per heavy atom. The highest BCUT2D eigenvalue weighted by Crippen LogP contribution is 2.28. The van der Waals surface area contributed by atoms with Gasteiger partial charge < -0.3 is 30.5 Å². The summed E-state index contributed by atoms with van der Waals surface area (Å²) in [7, 11) is 0. The van der Waals surface area contributed by atoms with E-state index >= 15 is 0 Å². The molecule has 31 heavy (non-hydrogen) atoms. The molecule has 0 bridgehead atoms. The second-order valence-electron chi connectivity index (χ2n) is 7.35. The van der Waals surface area contributed by atoms with Crippen molar-refractivity contribution in [2.45, 2.75) is 19.3 Å². The highest BCUT2D eigenvalue weighted by atomic mass is 16.5. The Balaban J connectivity index is 0.000000501. The van der Waals surface area contributed by atoms with Crippen LogP contribution in [0.2, 0.25) is 0 Å². The number of piperidine rings is 1. The van der Waals surface area contributed by atoms with Crippen LogP contribution in [0.1, 0.15) is 19.3 Å². The first-order valence-electron chi connectivity index (χ1n) is 10.6. The smallest absolute Gasteiger partial charge is 0.414 e. The molecule has 2 fully saturated rings. The first-order chi connectivity index (χ1) is 15.0. The fourth-order valence-corrected chi connectivity index (χ4v) is 3.45. The maximum Gasteiger partial charge on any atom is 0.414 e. The topological polar surface area (TPSA) is 131 Å². The number of anilines is 2. The van der Waals surface area contributed by atoms with Crippen molar-refractivity contribution in [2.24, 2.45) is 0 Å². The lowest BCUT2D eigenvalue weighted by Gasteiger charge is -2.30. The molecule has 2 heterocycles. The number of rotatable bonds is 7. The summed E-state index contributed by atoms with van der Waals surface area (Å²) in [4.78, 5) is 35.2. The molecule has 2 aliphatic heterocycles. The third-order valence-electron chi connectivity index (χ3n) is 5.05. The Hall–Kier alpha value is -2.69. The first-order valence-corrected chi connectivity index (χ1v) is 10.6. The van der Waals surface area contributed by atoms with Gasteiger partial charge in [-0.3, -0.25) is 9.69 Å². The molecular formula is C21H32N4O6. The van der Waals surface area contributed by atoms with E-state index in [2.05, 4.69) is 26.5 Å². The van der Waals surface area contributed by atoms with Crippen molar-refractivity contribution < 1.29 is 29.3 Å². The van der Waals surface area contributed by atoms with Crippen LogP contribution in [0.25, 0.3) is 0 Å². The molecule has 2 saturated heterocycles. The number of nitrogens with one attached hydrogen (secondary N) is 2. The Morgan fingerprint density at radius 2 is 1.58 bits per heavy atom. The quantitative estimate of drug-likeness (QED) is 0.360. The van der Waals surface area contributed by atoms with E-state index in [1.165, 1.54) is 19.3 Å². The molecule has 0 aliphatic carbocycles. The standard InChI is InChI=1S/C19H30N4O2.C2H2O4/c24-19(16-20-8-11-22-12-14-25-15-13-22)21-17-6-2-3-7-18(17)23-9-4-1-5-10-23;3-1(4)2(5)6/h2-3,6-7,20H,1,4-5,8-16H2,(H,21,24);(H,3,4)(H,5,6). The van der Waals surface area contributed by atoms with Gasteiger partial charge in [0, 0.05) is 39.3 Å². The number of carboxylic acids is 2. The second kappa shape index (κ2) is 13.6. The van der Waals surface area contributed by atoms with E-state index in [4.69, 9.17) is 24.5 Å². The van der Waals surface area contributed by atoms with Crippen molar-refractivity contribution in [1.82, 2.24) is 10.2 Å². The van der Waals surface area contributed by atoms with Gasteiger partial charge in [0.25, 0.3) is 0 Å². The highest BCUT2D eigenvalue weighted by Gasteiger charge is 2.15. The summed E-state index contributed by atoms with van der Waals surface area (Å²) in [6, 6.07) is 8.12. The minimum absolute atomic E-state index is 0.0198. The minimum atomic E-state index is -1.82. The van der Waals surface area contributed by atoms with E-state index in [0.717, 1.165) is 63.9 Å². The molecule has 2 aliphatic rings.